The summed E-state index contributed by atoms with van der Waals surface area (Å²) in [5, 5.41) is 4.38. The summed E-state index contributed by atoms with van der Waals surface area (Å²) in [6.45, 7) is 3.59. The second-order valence-electron chi connectivity index (χ2n) is 4.40. The first-order valence-electron chi connectivity index (χ1n) is 5.45. The highest BCUT2D eigenvalue weighted by molar-refractivity contribution is 6.33. The lowest BCUT2D eigenvalue weighted by Gasteiger charge is -2.19. The molecule has 0 bridgehead atoms. The third kappa shape index (κ3) is 4.04. The van der Waals surface area contributed by atoms with Crippen molar-refractivity contribution >= 4 is 23.8 Å². The number of hydrogen-bond donors (Lipinski definition) is 0. The molecule has 0 spiro atoms. The number of hydrogen-bond acceptors (Lipinski definition) is 4. The first-order chi connectivity index (χ1) is 8.47. The molecule has 0 saturated carbocycles. The molecule has 0 heterocycles. The number of rotatable bonds is 5. The highest BCUT2D eigenvalue weighted by Gasteiger charge is 2.29. The third-order valence-electron chi connectivity index (χ3n) is 2.33. The molecule has 0 radical (unpaired) electrons. The highest BCUT2D eigenvalue weighted by atomic mass is 35.5. The second kappa shape index (κ2) is 6.40. The first kappa shape index (κ1) is 14.5. The van der Waals surface area contributed by atoms with Gasteiger partial charge in [-0.2, -0.15) is 0 Å². The van der Waals surface area contributed by atoms with Crippen molar-refractivity contribution in [3.8, 4) is 0 Å². The molecule has 0 fully saturated rings. The predicted molar refractivity (Wildman–Crippen MR) is 70.8 cm³/mol. The van der Waals surface area contributed by atoms with E-state index in [9.17, 15) is 4.79 Å². The summed E-state index contributed by atoms with van der Waals surface area (Å²) in [4.78, 5) is 16.5. The maximum atomic E-state index is 11.4. The average molecular weight is 270 g/mol. The van der Waals surface area contributed by atoms with Crippen molar-refractivity contribution in [2.24, 2.45) is 10.6 Å². The number of halogens is 1. The van der Waals surface area contributed by atoms with Crippen molar-refractivity contribution in [1.82, 2.24) is 0 Å². The molecule has 0 aliphatic carbocycles. The molecule has 18 heavy (non-hydrogen) atoms. The number of nitrogens with zero attached hydrogens (tertiary/aromatic N) is 1. The topological polar surface area (TPSA) is 47.9 Å². The largest absolute Gasteiger partial charge is 0.469 e. The van der Waals surface area contributed by atoms with Gasteiger partial charge in [-0.1, -0.05) is 35.0 Å². The zero-order valence-electron chi connectivity index (χ0n) is 10.6. The first-order valence-corrected chi connectivity index (χ1v) is 5.83. The van der Waals surface area contributed by atoms with Crippen molar-refractivity contribution in [2.45, 2.75) is 13.8 Å². The van der Waals surface area contributed by atoms with Crippen molar-refractivity contribution in [1.29, 1.82) is 0 Å². The maximum absolute atomic E-state index is 11.4. The lowest BCUT2D eigenvalue weighted by atomic mass is 9.95. The summed E-state index contributed by atoms with van der Waals surface area (Å²) < 4.78 is 4.66. The van der Waals surface area contributed by atoms with Crippen molar-refractivity contribution < 1.29 is 14.4 Å². The Balaban J connectivity index is 2.52. The summed E-state index contributed by atoms with van der Waals surface area (Å²) in [6.07, 6.45) is 1.51. The molecular formula is C13H16ClNO3. The van der Waals surface area contributed by atoms with Crippen molar-refractivity contribution in [2.75, 3.05) is 13.7 Å². The molecule has 1 rings (SSSR count). The summed E-state index contributed by atoms with van der Waals surface area (Å²) in [5.74, 6) is -0.338. The third-order valence-corrected chi connectivity index (χ3v) is 2.68. The van der Waals surface area contributed by atoms with E-state index in [4.69, 9.17) is 16.4 Å². The molecule has 0 aromatic heterocycles. The molecular weight excluding hydrogens is 254 g/mol. The van der Waals surface area contributed by atoms with Crippen LogP contribution in [-0.4, -0.2) is 25.9 Å². The second-order valence-corrected chi connectivity index (χ2v) is 4.81. The Morgan fingerprint density at radius 2 is 2.11 bits per heavy atom. The quantitative estimate of drug-likeness (QED) is 0.469. The van der Waals surface area contributed by atoms with Gasteiger partial charge in [0, 0.05) is 10.6 Å². The van der Waals surface area contributed by atoms with Crippen LogP contribution < -0.4 is 0 Å². The van der Waals surface area contributed by atoms with Crippen LogP contribution in [0.5, 0.6) is 0 Å². The van der Waals surface area contributed by atoms with Crippen LogP contribution in [0.4, 0.5) is 0 Å². The molecule has 1 aromatic carbocycles. The van der Waals surface area contributed by atoms with Gasteiger partial charge in [0.05, 0.1) is 18.7 Å². The van der Waals surface area contributed by atoms with Crippen LogP contribution in [0.15, 0.2) is 29.4 Å². The molecule has 1 aromatic rings. The SMILES string of the molecule is COC(=O)C(C)(C)CON=Cc1ccccc1Cl. The summed E-state index contributed by atoms with van der Waals surface area (Å²) in [6, 6.07) is 7.27. The lowest BCUT2D eigenvalue weighted by Crippen LogP contribution is -2.30. The number of ether oxygens (including phenoxy) is 1. The molecule has 0 aliphatic rings. The van der Waals surface area contributed by atoms with Crippen LogP contribution in [0.25, 0.3) is 0 Å². The fourth-order valence-corrected chi connectivity index (χ4v) is 1.39. The van der Waals surface area contributed by atoms with Gasteiger partial charge >= 0.3 is 5.97 Å². The van der Waals surface area contributed by atoms with Gasteiger partial charge in [0.25, 0.3) is 0 Å². The van der Waals surface area contributed by atoms with E-state index in [1.807, 2.05) is 18.2 Å². The van der Waals surface area contributed by atoms with Gasteiger partial charge in [0.2, 0.25) is 0 Å². The highest BCUT2D eigenvalue weighted by Crippen LogP contribution is 2.17. The Hall–Kier alpha value is -1.55. The van der Waals surface area contributed by atoms with E-state index >= 15 is 0 Å². The van der Waals surface area contributed by atoms with E-state index in [0.717, 1.165) is 5.56 Å². The number of carbonyl (C=O) groups excluding carboxylic acids is 1. The lowest BCUT2D eigenvalue weighted by molar-refractivity contribution is -0.154. The Morgan fingerprint density at radius 1 is 1.44 bits per heavy atom. The monoisotopic (exact) mass is 269 g/mol. The summed E-state index contributed by atoms with van der Waals surface area (Å²) >= 11 is 5.95. The van der Waals surface area contributed by atoms with Crippen LogP contribution in [0.2, 0.25) is 5.02 Å². The van der Waals surface area contributed by atoms with Crippen LogP contribution in [0.3, 0.4) is 0 Å². The summed E-state index contributed by atoms with van der Waals surface area (Å²) in [7, 11) is 1.34. The van der Waals surface area contributed by atoms with Gasteiger partial charge < -0.3 is 9.57 Å². The van der Waals surface area contributed by atoms with E-state index in [2.05, 4.69) is 9.89 Å². The molecule has 4 nitrogen and oxygen atoms in total. The zero-order chi connectivity index (χ0) is 13.6. The van der Waals surface area contributed by atoms with Crippen LogP contribution in [-0.2, 0) is 14.4 Å². The molecule has 0 atom stereocenters. The average Bonchev–Trinajstić information content (AvgIpc) is 2.35. The molecule has 5 heteroatoms. The minimum atomic E-state index is -0.730. The van der Waals surface area contributed by atoms with Gasteiger partial charge in [-0.3, -0.25) is 4.79 Å². The van der Waals surface area contributed by atoms with Crippen LogP contribution in [0, 0.1) is 5.41 Å². The zero-order valence-corrected chi connectivity index (χ0v) is 11.4. The number of esters is 1. The Labute approximate surface area is 112 Å². The van der Waals surface area contributed by atoms with Crippen LogP contribution in [0.1, 0.15) is 19.4 Å². The standard InChI is InChI=1S/C13H16ClNO3/c1-13(2,12(16)17-3)9-18-15-8-10-6-4-5-7-11(10)14/h4-8H,9H2,1-3H3. The number of benzene rings is 1. The molecule has 98 valence electrons. The van der Waals surface area contributed by atoms with E-state index in [-0.39, 0.29) is 12.6 Å². The minimum absolute atomic E-state index is 0.140. The van der Waals surface area contributed by atoms with Gasteiger partial charge in [-0.25, -0.2) is 0 Å². The molecule has 0 N–H and O–H groups in total. The molecule has 0 aliphatic heterocycles. The van der Waals surface area contributed by atoms with E-state index < -0.39 is 5.41 Å². The Morgan fingerprint density at radius 3 is 2.72 bits per heavy atom. The Bertz CT molecular complexity index is 444. The van der Waals surface area contributed by atoms with Gasteiger partial charge in [0.1, 0.15) is 6.61 Å². The fourth-order valence-electron chi connectivity index (χ4n) is 1.21. The van der Waals surface area contributed by atoms with Crippen LogP contribution >= 0.6 is 11.6 Å². The molecule has 0 amide bonds. The predicted octanol–water partition coefficient (Wildman–Crippen LogP) is 2.89. The summed E-state index contributed by atoms with van der Waals surface area (Å²) in [5.41, 5.74) is 0.0297. The maximum Gasteiger partial charge on any atom is 0.314 e. The molecule has 0 unspecified atom stereocenters. The fraction of sp³-hybridized carbons (Fsp3) is 0.385. The minimum Gasteiger partial charge on any atom is -0.469 e. The molecule has 0 saturated heterocycles. The van der Waals surface area contributed by atoms with E-state index in [1.165, 1.54) is 13.3 Å². The van der Waals surface area contributed by atoms with Crippen molar-refractivity contribution in [3.63, 3.8) is 0 Å². The van der Waals surface area contributed by atoms with Crippen molar-refractivity contribution in [3.05, 3.63) is 34.9 Å². The van der Waals surface area contributed by atoms with E-state index in [1.54, 1.807) is 19.9 Å². The smallest absolute Gasteiger partial charge is 0.314 e. The number of methoxy groups -OCH3 is 1. The van der Waals surface area contributed by atoms with Gasteiger partial charge in [-0.05, 0) is 19.9 Å². The number of oxime groups is 1. The Kier molecular flexibility index (Phi) is 5.16. The number of carbonyl (C=O) groups is 1. The van der Waals surface area contributed by atoms with E-state index in [0.29, 0.717) is 5.02 Å². The normalized spacial score (nSPS) is 11.6. The van der Waals surface area contributed by atoms with Gasteiger partial charge in [-0.15, -0.1) is 0 Å². The van der Waals surface area contributed by atoms with Gasteiger partial charge in [0.15, 0.2) is 0 Å².